The van der Waals surface area contributed by atoms with Gasteiger partial charge in [-0.2, -0.15) is 9.97 Å². The summed E-state index contributed by atoms with van der Waals surface area (Å²) in [5, 5.41) is 3.30. The van der Waals surface area contributed by atoms with Gasteiger partial charge in [0.1, 0.15) is 17.5 Å². The Hall–Kier alpha value is -3.26. The molecule has 7 nitrogen and oxygen atoms in total. The van der Waals surface area contributed by atoms with Gasteiger partial charge in [-0.3, -0.25) is 4.99 Å². The van der Waals surface area contributed by atoms with Crippen LogP contribution in [0.1, 0.15) is 30.9 Å². The molecule has 2 aliphatic carbocycles. The molecule has 0 bridgehead atoms. The van der Waals surface area contributed by atoms with Gasteiger partial charge in [0.25, 0.3) is 0 Å². The highest BCUT2D eigenvalue weighted by molar-refractivity contribution is 6.05. The highest BCUT2D eigenvalue weighted by Crippen LogP contribution is 2.38. The Bertz CT molecular complexity index is 1200. The van der Waals surface area contributed by atoms with Crippen LogP contribution in [0.3, 0.4) is 0 Å². The first kappa shape index (κ1) is 22.5. The number of nitrogens with zero attached hydrogens (tertiary/aromatic N) is 5. The topological polar surface area (TPSA) is 65.9 Å². The van der Waals surface area contributed by atoms with Gasteiger partial charge in [0.2, 0.25) is 0 Å². The molecule has 178 valence electrons. The molecule has 0 saturated heterocycles. The van der Waals surface area contributed by atoms with E-state index < -0.39 is 0 Å². The second-order valence-electron chi connectivity index (χ2n) is 9.66. The van der Waals surface area contributed by atoms with E-state index in [0.29, 0.717) is 23.1 Å². The number of aromatic nitrogens is 2. The number of likely N-dealkylation sites (N-methyl/N-ethyl adjacent to an activating group) is 2. The zero-order valence-corrected chi connectivity index (χ0v) is 20.2. The minimum absolute atomic E-state index is 0.0965. The number of amidine groups is 1. The van der Waals surface area contributed by atoms with E-state index in [-0.39, 0.29) is 17.6 Å². The molecule has 1 aromatic carbocycles. The molecule has 2 heterocycles. The van der Waals surface area contributed by atoms with E-state index in [4.69, 9.17) is 4.74 Å². The fourth-order valence-electron chi connectivity index (χ4n) is 4.23. The van der Waals surface area contributed by atoms with Gasteiger partial charge in [0.15, 0.2) is 11.6 Å². The first-order valence-electron chi connectivity index (χ1n) is 11.8. The third kappa shape index (κ3) is 4.97. The summed E-state index contributed by atoms with van der Waals surface area (Å²) in [6.45, 7) is 4.38. The molecule has 1 saturated carbocycles. The lowest BCUT2D eigenvalue weighted by atomic mass is 10.1. The van der Waals surface area contributed by atoms with E-state index in [1.165, 1.54) is 18.4 Å². The van der Waals surface area contributed by atoms with Crippen molar-refractivity contribution < 1.29 is 9.13 Å². The summed E-state index contributed by atoms with van der Waals surface area (Å²) in [7, 11) is 6.04. The van der Waals surface area contributed by atoms with E-state index >= 15 is 4.39 Å². The average Bonchev–Trinajstić information content (AvgIpc) is 3.42. The maximum absolute atomic E-state index is 15.2. The highest BCUT2D eigenvalue weighted by Gasteiger charge is 2.28. The number of fused-ring (bicyclic) bond motifs is 1. The van der Waals surface area contributed by atoms with Crippen LogP contribution >= 0.6 is 0 Å². The van der Waals surface area contributed by atoms with E-state index in [0.717, 1.165) is 43.0 Å². The summed E-state index contributed by atoms with van der Waals surface area (Å²) in [6, 6.07) is 5.54. The van der Waals surface area contributed by atoms with Crippen LogP contribution in [-0.4, -0.2) is 61.5 Å². The quantitative estimate of drug-likeness (QED) is 0.622. The van der Waals surface area contributed by atoms with Crippen molar-refractivity contribution in [2.24, 2.45) is 10.9 Å². The highest BCUT2D eigenvalue weighted by atomic mass is 19.1. The third-order valence-corrected chi connectivity index (χ3v) is 6.37. The Morgan fingerprint density at radius 2 is 1.94 bits per heavy atom. The van der Waals surface area contributed by atoms with Gasteiger partial charge >= 0.3 is 6.01 Å². The lowest BCUT2D eigenvalue weighted by Crippen LogP contribution is -2.29. The largest absolute Gasteiger partial charge is 0.421 e. The minimum atomic E-state index is -0.379. The van der Waals surface area contributed by atoms with Crippen molar-refractivity contribution >= 4 is 23.5 Å². The summed E-state index contributed by atoms with van der Waals surface area (Å²) in [5.41, 5.74) is 4.07. The Morgan fingerprint density at radius 1 is 1.12 bits per heavy atom. The van der Waals surface area contributed by atoms with Crippen LogP contribution in [-0.2, 0) is 6.42 Å². The predicted molar refractivity (Wildman–Crippen MR) is 134 cm³/mol. The Balaban J connectivity index is 1.42. The Kier molecular flexibility index (Phi) is 6.08. The second kappa shape index (κ2) is 9.18. The molecule has 0 radical (unpaired) electrons. The van der Waals surface area contributed by atoms with Gasteiger partial charge in [-0.15, -0.1) is 0 Å². The van der Waals surface area contributed by atoms with Crippen LogP contribution in [0.25, 0.3) is 6.08 Å². The predicted octanol–water partition coefficient (Wildman–Crippen LogP) is 4.53. The van der Waals surface area contributed by atoms with Crippen molar-refractivity contribution in [3.8, 4) is 11.8 Å². The molecule has 8 heteroatoms. The smallest absolute Gasteiger partial charge is 0.326 e. The third-order valence-electron chi connectivity index (χ3n) is 6.37. The van der Waals surface area contributed by atoms with Crippen molar-refractivity contribution in [1.82, 2.24) is 14.9 Å². The molecule has 1 N–H and O–H groups in total. The van der Waals surface area contributed by atoms with Crippen LogP contribution in [0.2, 0.25) is 0 Å². The maximum atomic E-state index is 15.2. The van der Waals surface area contributed by atoms with Crippen LogP contribution in [0.4, 0.5) is 16.0 Å². The molecule has 1 aromatic heterocycles. The van der Waals surface area contributed by atoms with E-state index in [9.17, 15) is 0 Å². The van der Waals surface area contributed by atoms with Crippen molar-refractivity contribution in [2.75, 3.05) is 51.0 Å². The number of allylic oxidation sites excluding steroid dienone is 1. The number of hydrogen-bond acceptors (Lipinski definition) is 7. The molecular weight excluding hydrogens is 431 g/mol. The number of hydrogen-bond donors (Lipinski definition) is 1. The number of halogens is 1. The lowest BCUT2D eigenvalue weighted by molar-refractivity contribution is 0.407. The molecule has 0 atom stereocenters. The number of benzene rings is 1. The van der Waals surface area contributed by atoms with Gasteiger partial charge in [-0.25, -0.2) is 4.39 Å². The van der Waals surface area contributed by atoms with Gasteiger partial charge < -0.3 is 19.9 Å². The van der Waals surface area contributed by atoms with Crippen molar-refractivity contribution in [3.05, 3.63) is 52.4 Å². The number of rotatable bonds is 8. The zero-order valence-electron chi connectivity index (χ0n) is 20.2. The first-order valence-corrected chi connectivity index (χ1v) is 11.8. The molecule has 1 fully saturated rings. The van der Waals surface area contributed by atoms with Crippen LogP contribution in [0.5, 0.6) is 11.8 Å². The molecule has 0 spiro atoms. The number of anilines is 2. The summed E-state index contributed by atoms with van der Waals surface area (Å²) in [6.07, 6.45) is 7.26. The number of aliphatic imine (C=N–C) groups is 1. The summed E-state index contributed by atoms with van der Waals surface area (Å²) in [4.78, 5) is 17.9. The molecular formula is C26H31FN6O. The molecule has 3 aliphatic rings. The summed E-state index contributed by atoms with van der Waals surface area (Å²) < 4.78 is 21.1. The lowest BCUT2D eigenvalue weighted by Gasteiger charge is -2.21. The van der Waals surface area contributed by atoms with Crippen molar-refractivity contribution in [2.45, 2.75) is 26.2 Å². The Labute approximate surface area is 200 Å². The number of nitrogens with one attached hydrogen (secondary N) is 1. The van der Waals surface area contributed by atoms with E-state index in [1.807, 2.05) is 51.2 Å². The molecule has 5 rings (SSSR count). The minimum Gasteiger partial charge on any atom is -0.421 e. The second-order valence-corrected chi connectivity index (χ2v) is 9.66. The molecule has 0 unspecified atom stereocenters. The van der Waals surface area contributed by atoms with Gasteiger partial charge in [-0.05, 0) is 69.5 Å². The molecule has 2 aromatic rings. The fourth-order valence-corrected chi connectivity index (χ4v) is 4.23. The van der Waals surface area contributed by atoms with Crippen LogP contribution in [0, 0.1) is 11.7 Å². The molecule has 34 heavy (non-hydrogen) atoms. The van der Waals surface area contributed by atoms with Gasteiger partial charge in [0.05, 0.1) is 6.54 Å². The Morgan fingerprint density at radius 3 is 2.71 bits per heavy atom. The fraction of sp³-hybridized carbons (Fsp3) is 0.423. The molecule has 0 amide bonds. The summed E-state index contributed by atoms with van der Waals surface area (Å²) >= 11 is 0. The van der Waals surface area contributed by atoms with E-state index in [2.05, 4.69) is 31.3 Å². The standard InChI is InChI=1S/C26H31FN6O/c1-16-11-18-7-8-21(25(27)20(18)12-16)34-26-30-23(14-24(31-26)33(4)10-9-32(2)3)29-22-13-19(15-28-22)17-5-6-17/h7-8,12-14,17H,5-6,9-11,15H2,1-4H3,(H,28,29,30,31). The molecule has 1 aliphatic heterocycles. The van der Waals surface area contributed by atoms with Crippen LogP contribution in [0.15, 0.2) is 40.4 Å². The van der Waals surface area contributed by atoms with Crippen molar-refractivity contribution in [3.63, 3.8) is 0 Å². The van der Waals surface area contributed by atoms with Gasteiger partial charge in [0, 0.05) is 31.8 Å². The number of ether oxygens (including phenoxy) is 1. The van der Waals surface area contributed by atoms with Crippen LogP contribution < -0.4 is 15.0 Å². The average molecular weight is 463 g/mol. The first-order chi connectivity index (χ1) is 16.4. The SMILES string of the molecule is CC1=Cc2c(ccc(Oc3nc(NC4=NCC(C5CC5)=C4)cc(N(C)CCN(C)C)n3)c2F)C1. The van der Waals surface area contributed by atoms with Gasteiger partial charge in [-0.1, -0.05) is 17.7 Å². The van der Waals surface area contributed by atoms with Crippen molar-refractivity contribution in [1.29, 1.82) is 0 Å². The zero-order chi connectivity index (χ0) is 23.8. The normalized spacial score (nSPS) is 16.8. The monoisotopic (exact) mass is 462 g/mol. The summed E-state index contributed by atoms with van der Waals surface area (Å²) in [5.74, 6) is 2.48. The van der Waals surface area contributed by atoms with E-state index in [1.54, 1.807) is 6.07 Å². The maximum Gasteiger partial charge on any atom is 0.326 e.